The van der Waals surface area contributed by atoms with E-state index in [9.17, 15) is 0 Å². The predicted octanol–water partition coefficient (Wildman–Crippen LogP) is 2.81. The molecular weight excluding hydrogens is 247 g/mol. The van der Waals surface area contributed by atoms with Crippen LogP contribution in [0.4, 0.5) is 0 Å². The molecule has 2 N–H and O–H groups in total. The van der Waals surface area contributed by atoms with E-state index in [4.69, 9.17) is 33.7 Å². The number of nitrogens with zero attached hydrogens (tertiary/aromatic N) is 1. The van der Waals surface area contributed by atoms with Crippen molar-refractivity contribution < 1.29 is 4.74 Å². The fraction of sp³-hybridized carbons (Fsp3) is 0.545. The zero-order valence-electron chi connectivity index (χ0n) is 8.83. The minimum Gasteiger partial charge on any atom is -0.381 e. The van der Waals surface area contributed by atoms with Crippen molar-refractivity contribution in [2.24, 2.45) is 11.7 Å². The van der Waals surface area contributed by atoms with Gasteiger partial charge < -0.3 is 10.5 Å². The Morgan fingerprint density at radius 3 is 2.62 bits per heavy atom. The molecule has 0 radical (unpaired) electrons. The summed E-state index contributed by atoms with van der Waals surface area (Å²) in [4.78, 5) is 4.01. The van der Waals surface area contributed by atoms with E-state index in [2.05, 4.69) is 4.98 Å². The third-order valence-corrected chi connectivity index (χ3v) is 3.49. The van der Waals surface area contributed by atoms with Crippen LogP contribution in [-0.2, 0) is 4.74 Å². The number of rotatable bonds is 2. The van der Waals surface area contributed by atoms with Crippen molar-refractivity contribution >= 4 is 23.2 Å². The molecule has 3 nitrogen and oxygen atoms in total. The molecule has 1 aromatic rings. The van der Waals surface area contributed by atoms with Crippen molar-refractivity contribution in [3.05, 3.63) is 28.0 Å². The van der Waals surface area contributed by atoms with E-state index in [1.54, 1.807) is 6.07 Å². The lowest BCUT2D eigenvalue weighted by molar-refractivity contribution is 0.0583. The van der Waals surface area contributed by atoms with Crippen LogP contribution in [0.3, 0.4) is 0 Å². The highest BCUT2D eigenvalue weighted by molar-refractivity contribution is 6.32. The van der Waals surface area contributed by atoms with Crippen molar-refractivity contribution in [3.8, 4) is 0 Å². The highest BCUT2D eigenvalue weighted by atomic mass is 35.5. The summed E-state index contributed by atoms with van der Waals surface area (Å²) in [6.07, 6.45) is 1.94. The van der Waals surface area contributed by atoms with Gasteiger partial charge in [-0.2, -0.15) is 0 Å². The molecule has 0 aliphatic carbocycles. The normalized spacial score (nSPS) is 19.7. The molecule has 0 amide bonds. The average Bonchev–Trinajstić information content (AvgIpc) is 2.29. The van der Waals surface area contributed by atoms with Gasteiger partial charge in [0.15, 0.2) is 0 Å². The molecule has 88 valence electrons. The predicted molar refractivity (Wildman–Crippen MR) is 64.7 cm³/mol. The molecule has 0 unspecified atom stereocenters. The lowest BCUT2D eigenvalue weighted by atomic mass is 9.88. The summed E-state index contributed by atoms with van der Waals surface area (Å²) < 4.78 is 5.31. The Balaban J connectivity index is 2.15. The van der Waals surface area contributed by atoms with Gasteiger partial charge in [0.2, 0.25) is 0 Å². The third-order valence-electron chi connectivity index (χ3n) is 2.98. The summed E-state index contributed by atoms with van der Waals surface area (Å²) in [5.74, 6) is 0.411. The average molecular weight is 261 g/mol. The molecule has 1 aliphatic heterocycles. The van der Waals surface area contributed by atoms with Crippen LogP contribution in [-0.4, -0.2) is 18.2 Å². The summed E-state index contributed by atoms with van der Waals surface area (Å²) in [6, 6.07) is 3.50. The van der Waals surface area contributed by atoms with Crippen LogP contribution in [0, 0.1) is 5.92 Å². The first-order chi connectivity index (χ1) is 7.68. The number of pyridine rings is 1. The first kappa shape index (κ1) is 12.1. The number of halogens is 2. The van der Waals surface area contributed by atoms with Gasteiger partial charge in [0.1, 0.15) is 10.3 Å². The van der Waals surface area contributed by atoms with Gasteiger partial charge in [0.05, 0.1) is 0 Å². The van der Waals surface area contributed by atoms with Gasteiger partial charge in [-0.05, 0) is 24.8 Å². The summed E-state index contributed by atoms with van der Waals surface area (Å²) in [5, 5.41) is 0.805. The lowest BCUT2D eigenvalue weighted by Gasteiger charge is -2.28. The second-order valence-corrected chi connectivity index (χ2v) is 4.73. The molecule has 0 bridgehead atoms. The second-order valence-electron chi connectivity index (χ2n) is 3.99. The smallest absolute Gasteiger partial charge is 0.135 e. The molecule has 16 heavy (non-hydrogen) atoms. The molecule has 0 spiro atoms. The molecule has 1 atom stereocenters. The quantitative estimate of drug-likeness (QED) is 0.833. The molecular formula is C11H14Cl2N2O. The van der Waals surface area contributed by atoms with Crippen LogP contribution in [0.1, 0.15) is 24.4 Å². The number of nitrogens with two attached hydrogens (primary N) is 1. The fourth-order valence-corrected chi connectivity index (χ4v) is 2.47. The standard InChI is InChI=1S/C11H14Cl2N2O/c12-9-2-1-8(11(13)15-9)10(14)7-3-5-16-6-4-7/h1-2,7,10H,3-6,14H2/t10-/m0/s1. The Kier molecular flexibility index (Phi) is 4.03. The van der Waals surface area contributed by atoms with E-state index in [-0.39, 0.29) is 6.04 Å². The minimum atomic E-state index is -0.0823. The summed E-state index contributed by atoms with van der Waals surface area (Å²) >= 11 is 11.8. The topological polar surface area (TPSA) is 48.1 Å². The maximum atomic E-state index is 6.20. The first-order valence-corrected chi connectivity index (χ1v) is 6.09. The van der Waals surface area contributed by atoms with Gasteiger partial charge in [-0.25, -0.2) is 4.98 Å². The van der Waals surface area contributed by atoms with E-state index < -0.39 is 0 Å². The third kappa shape index (κ3) is 2.66. The molecule has 5 heteroatoms. The number of aromatic nitrogens is 1. The van der Waals surface area contributed by atoms with Crippen LogP contribution < -0.4 is 5.73 Å². The molecule has 0 saturated carbocycles. The van der Waals surface area contributed by atoms with Gasteiger partial charge in [0, 0.05) is 24.8 Å². The Hall–Kier alpha value is -0.350. The number of hydrogen-bond donors (Lipinski definition) is 1. The molecule has 1 saturated heterocycles. The maximum Gasteiger partial charge on any atom is 0.135 e. The molecule has 2 rings (SSSR count). The van der Waals surface area contributed by atoms with Gasteiger partial charge in [0.25, 0.3) is 0 Å². The first-order valence-electron chi connectivity index (χ1n) is 5.34. The van der Waals surface area contributed by atoms with Crippen molar-refractivity contribution in [1.29, 1.82) is 0 Å². The zero-order chi connectivity index (χ0) is 11.5. The molecule has 1 aromatic heterocycles. The van der Waals surface area contributed by atoms with Crippen molar-refractivity contribution in [2.75, 3.05) is 13.2 Å². The molecule has 0 aromatic carbocycles. The largest absolute Gasteiger partial charge is 0.381 e. The highest BCUT2D eigenvalue weighted by Gasteiger charge is 2.24. The summed E-state index contributed by atoms with van der Waals surface area (Å²) in [6.45, 7) is 1.55. The second kappa shape index (κ2) is 5.32. The van der Waals surface area contributed by atoms with Gasteiger partial charge in [-0.1, -0.05) is 29.3 Å². The van der Waals surface area contributed by atoms with Crippen molar-refractivity contribution in [2.45, 2.75) is 18.9 Å². The van der Waals surface area contributed by atoms with E-state index in [1.165, 1.54) is 0 Å². The van der Waals surface area contributed by atoms with Crippen LogP contribution in [0.25, 0.3) is 0 Å². The lowest BCUT2D eigenvalue weighted by Crippen LogP contribution is -2.27. The zero-order valence-corrected chi connectivity index (χ0v) is 10.3. The van der Waals surface area contributed by atoms with Crippen molar-refractivity contribution in [3.63, 3.8) is 0 Å². The van der Waals surface area contributed by atoms with E-state index in [0.717, 1.165) is 31.6 Å². The number of hydrogen-bond acceptors (Lipinski definition) is 3. The number of ether oxygens (including phenoxy) is 1. The van der Waals surface area contributed by atoms with Gasteiger partial charge in [-0.3, -0.25) is 0 Å². The fourth-order valence-electron chi connectivity index (χ4n) is 2.00. The summed E-state index contributed by atoms with van der Waals surface area (Å²) in [5.41, 5.74) is 7.07. The Morgan fingerprint density at radius 1 is 1.31 bits per heavy atom. The SMILES string of the molecule is N[C@H](c1ccc(Cl)nc1Cl)C1CCOCC1. The molecule has 1 fully saturated rings. The van der Waals surface area contributed by atoms with Crippen LogP contribution >= 0.6 is 23.2 Å². The van der Waals surface area contributed by atoms with E-state index in [0.29, 0.717) is 16.2 Å². The minimum absolute atomic E-state index is 0.0823. The van der Waals surface area contributed by atoms with Crippen LogP contribution in [0.5, 0.6) is 0 Å². The van der Waals surface area contributed by atoms with E-state index in [1.807, 2.05) is 6.07 Å². The summed E-state index contributed by atoms with van der Waals surface area (Å²) in [7, 11) is 0. The van der Waals surface area contributed by atoms with Gasteiger partial charge in [-0.15, -0.1) is 0 Å². The van der Waals surface area contributed by atoms with Crippen molar-refractivity contribution in [1.82, 2.24) is 4.98 Å². The molecule has 1 aliphatic rings. The van der Waals surface area contributed by atoms with E-state index >= 15 is 0 Å². The maximum absolute atomic E-state index is 6.20. The highest BCUT2D eigenvalue weighted by Crippen LogP contribution is 2.31. The van der Waals surface area contributed by atoms with Gasteiger partial charge >= 0.3 is 0 Å². The molecule has 2 heterocycles. The Labute approximate surface area is 105 Å². The monoisotopic (exact) mass is 260 g/mol. The van der Waals surface area contributed by atoms with Crippen LogP contribution in [0.15, 0.2) is 12.1 Å². The Morgan fingerprint density at radius 2 is 2.00 bits per heavy atom. The Bertz CT molecular complexity index is 367. The van der Waals surface area contributed by atoms with Crippen LogP contribution in [0.2, 0.25) is 10.3 Å².